The number of fused-ring (bicyclic) bond motifs is 8. The number of hydrogen-bond acceptors (Lipinski definition) is 3. The van der Waals surface area contributed by atoms with Gasteiger partial charge in [-0.3, -0.25) is 0 Å². The number of benzene rings is 10. The lowest BCUT2D eigenvalue weighted by atomic mass is 9.91. The molecule has 274 valence electrons. The quantitative estimate of drug-likeness (QED) is 0.130. The molecule has 0 unspecified atom stereocenters. The topological polar surface area (TPSA) is 38.9 Å². The van der Waals surface area contributed by atoms with E-state index in [2.05, 4.69) is 206 Å². The van der Waals surface area contributed by atoms with Gasteiger partial charge in [-0.25, -0.2) is 9.97 Å². The number of furan rings is 1. The van der Waals surface area contributed by atoms with Crippen molar-refractivity contribution in [1.82, 2.24) is 9.97 Å². The average molecular weight is 751 g/mol. The van der Waals surface area contributed by atoms with Crippen molar-refractivity contribution >= 4 is 65.0 Å². The molecule has 0 aliphatic carbocycles. The van der Waals surface area contributed by atoms with Gasteiger partial charge in [0.2, 0.25) is 0 Å². The van der Waals surface area contributed by atoms with E-state index in [9.17, 15) is 0 Å². The Hall–Kier alpha value is -7.88. The molecule has 0 N–H and O–H groups in total. The lowest BCUT2D eigenvalue weighted by molar-refractivity contribution is 0.669. The molecule has 0 aliphatic rings. The van der Waals surface area contributed by atoms with Crippen LogP contribution in [-0.2, 0) is 0 Å². The molecule has 0 spiro atoms. The molecule has 0 bridgehead atoms. The minimum atomic E-state index is 0.688. The molecule has 0 saturated carbocycles. The predicted molar refractivity (Wildman–Crippen MR) is 247 cm³/mol. The van der Waals surface area contributed by atoms with Crippen molar-refractivity contribution in [1.29, 1.82) is 0 Å². The Morgan fingerprint density at radius 3 is 1.73 bits per heavy atom. The third kappa shape index (κ3) is 5.59. The van der Waals surface area contributed by atoms with Gasteiger partial charge in [0.05, 0.1) is 11.4 Å². The molecular weight excluding hydrogens is 717 g/mol. The zero-order valence-corrected chi connectivity index (χ0v) is 31.9. The van der Waals surface area contributed by atoms with Crippen LogP contribution < -0.4 is 0 Å². The Balaban J connectivity index is 1.05. The van der Waals surface area contributed by atoms with E-state index in [1.54, 1.807) is 0 Å². The van der Waals surface area contributed by atoms with Crippen LogP contribution in [0, 0.1) is 0 Å². The highest BCUT2D eigenvalue weighted by Gasteiger charge is 2.19. The van der Waals surface area contributed by atoms with Gasteiger partial charge in [-0.05, 0) is 102 Å². The van der Waals surface area contributed by atoms with E-state index in [4.69, 9.17) is 14.4 Å². The van der Waals surface area contributed by atoms with Gasteiger partial charge in [-0.15, -0.1) is 0 Å². The molecule has 3 heteroatoms. The summed E-state index contributed by atoms with van der Waals surface area (Å²) in [5, 5.41) is 11.8. The smallest absolute Gasteiger partial charge is 0.161 e. The van der Waals surface area contributed by atoms with Crippen LogP contribution in [0.2, 0.25) is 0 Å². The molecule has 0 radical (unpaired) electrons. The van der Waals surface area contributed by atoms with E-state index in [0.717, 1.165) is 77.7 Å². The lowest BCUT2D eigenvalue weighted by Crippen LogP contribution is -1.98. The summed E-state index contributed by atoms with van der Waals surface area (Å²) in [6.45, 7) is 0. The second kappa shape index (κ2) is 13.4. The largest absolute Gasteiger partial charge is 0.456 e. The molecule has 0 fully saturated rings. The van der Waals surface area contributed by atoms with Crippen LogP contribution in [0.5, 0.6) is 0 Å². The molecule has 0 amide bonds. The maximum atomic E-state index is 6.32. The van der Waals surface area contributed by atoms with E-state index in [0.29, 0.717) is 5.82 Å². The van der Waals surface area contributed by atoms with Gasteiger partial charge in [0.15, 0.2) is 5.82 Å². The van der Waals surface area contributed by atoms with Crippen LogP contribution >= 0.6 is 0 Å². The fraction of sp³-hybridized carbons (Fsp3) is 0. The molecule has 2 heterocycles. The van der Waals surface area contributed by atoms with Crippen molar-refractivity contribution in [2.75, 3.05) is 0 Å². The van der Waals surface area contributed by atoms with Crippen molar-refractivity contribution in [2.24, 2.45) is 0 Å². The van der Waals surface area contributed by atoms with Crippen molar-refractivity contribution in [3.63, 3.8) is 0 Å². The number of nitrogens with zero attached hydrogens (tertiary/aromatic N) is 2. The van der Waals surface area contributed by atoms with Crippen molar-refractivity contribution < 1.29 is 4.42 Å². The zero-order valence-electron chi connectivity index (χ0n) is 31.9. The standard InChI is InChI=1S/C56H34N2O/c1-2-12-36(13-3-1)43-18-10-11-21-47(43)56-57-51(34-52(58-56)55-45-20-9-7-17-42(45)32-48-44-19-8-6-14-37(44)26-28-46(48)55)38-24-22-35(23-25-38)41-27-29-53-49(31-41)50-30-39-15-4-5-16-40(39)33-54(50)59-53/h1-34H. The zero-order chi connectivity index (χ0) is 38.9. The number of aromatic nitrogens is 2. The maximum absolute atomic E-state index is 6.32. The first-order chi connectivity index (χ1) is 29.2. The summed E-state index contributed by atoms with van der Waals surface area (Å²) in [5.74, 6) is 0.688. The van der Waals surface area contributed by atoms with E-state index < -0.39 is 0 Å². The van der Waals surface area contributed by atoms with Crippen molar-refractivity contribution in [3.8, 4) is 56.2 Å². The number of rotatable bonds is 5. The molecule has 3 nitrogen and oxygen atoms in total. The molecule has 2 aromatic heterocycles. The van der Waals surface area contributed by atoms with Crippen LogP contribution in [0.25, 0.3) is 121 Å². The van der Waals surface area contributed by atoms with Crippen LogP contribution in [0.4, 0.5) is 0 Å². The Morgan fingerprint density at radius 1 is 0.288 bits per heavy atom. The summed E-state index contributed by atoms with van der Waals surface area (Å²) >= 11 is 0. The van der Waals surface area contributed by atoms with E-state index in [-0.39, 0.29) is 0 Å². The van der Waals surface area contributed by atoms with Crippen LogP contribution in [-0.4, -0.2) is 9.97 Å². The minimum Gasteiger partial charge on any atom is -0.456 e. The van der Waals surface area contributed by atoms with Gasteiger partial charge in [0, 0.05) is 27.5 Å². The average Bonchev–Trinajstić information content (AvgIpc) is 3.66. The number of hydrogen-bond donors (Lipinski definition) is 0. The third-order valence-electron chi connectivity index (χ3n) is 11.9. The Bertz CT molecular complexity index is 3600. The van der Waals surface area contributed by atoms with Crippen LogP contribution in [0.1, 0.15) is 0 Å². The predicted octanol–water partition coefficient (Wildman–Crippen LogP) is 15.3. The second-order valence-corrected chi connectivity index (χ2v) is 15.3. The molecule has 12 aromatic rings. The lowest BCUT2D eigenvalue weighted by Gasteiger charge is -2.16. The summed E-state index contributed by atoms with van der Waals surface area (Å²) in [6, 6.07) is 73.4. The molecular formula is C56H34N2O. The fourth-order valence-electron chi connectivity index (χ4n) is 8.96. The molecule has 59 heavy (non-hydrogen) atoms. The Morgan fingerprint density at radius 2 is 0.898 bits per heavy atom. The highest BCUT2D eigenvalue weighted by atomic mass is 16.3. The Kier molecular flexibility index (Phi) is 7.54. The summed E-state index contributed by atoms with van der Waals surface area (Å²) in [6.07, 6.45) is 0. The summed E-state index contributed by atoms with van der Waals surface area (Å²) < 4.78 is 6.32. The molecule has 0 atom stereocenters. The third-order valence-corrected chi connectivity index (χ3v) is 11.9. The highest BCUT2D eigenvalue weighted by Crippen LogP contribution is 2.42. The van der Waals surface area contributed by atoms with E-state index in [1.165, 1.54) is 37.7 Å². The Labute approximate surface area is 340 Å². The summed E-state index contributed by atoms with van der Waals surface area (Å²) in [5.41, 5.74) is 11.1. The molecule has 10 aromatic carbocycles. The van der Waals surface area contributed by atoms with Gasteiger partial charge in [0.1, 0.15) is 11.2 Å². The first-order valence-electron chi connectivity index (χ1n) is 20.1. The van der Waals surface area contributed by atoms with Crippen LogP contribution in [0.15, 0.2) is 211 Å². The van der Waals surface area contributed by atoms with Gasteiger partial charge < -0.3 is 4.42 Å². The monoisotopic (exact) mass is 750 g/mol. The van der Waals surface area contributed by atoms with E-state index in [1.807, 2.05) is 0 Å². The van der Waals surface area contributed by atoms with Crippen molar-refractivity contribution in [2.45, 2.75) is 0 Å². The van der Waals surface area contributed by atoms with Crippen molar-refractivity contribution in [3.05, 3.63) is 206 Å². The molecule has 0 aliphatic heterocycles. The molecule has 12 rings (SSSR count). The summed E-state index contributed by atoms with van der Waals surface area (Å²) in [7, 11) is 0. The normalized spacial score (nSPS) is 11.7. The maximum Gasteiger partial charge on any atom is 0.161 e. The first-order valence-corrected chi connectivity index (χ1v) is 20.1. The SMILES string of the molecule is c1ccc(-c2ccccc2-c2nc(-c3ccc(-c4ccc5oc6cc7ccccc7cc6c5c4)cc3)cc(-c3c4ccccc4cc4c3ccc3ccccc34)n2)cc1. The summed E-state index contributed by atoms with van der Waals surface area (Å²) in [4.78, 5) is 10.8. The van der Waals surface area contributed by atoms with Gasteiger partial charge in [0.25, 0.3) is 0 Å². The fourth-order valence-corrected chi connectivity index (χ4v) is 8.96. The highest BCUT2D eigenvalue weighted by molar-refractivity contribution is 6.20. The van der Waals surface area contributed by atoms with E-state index >= 15 is 0 Å². The van der Waals surface area contributed by atoms with Gasteiger partial charge in [-0.2, -0.15) is 0 Å². The van der Waals surface area contributed by atoms with Gasteiger partial charge in [-0.1, -0.05) is 170 Å². The first kappa shape index (κ1) is 33.3. The van der Waals surface area contributed by atoms with Crippen LogP contribution in [0.3, 0.4) is 0 Å². The van der Waals surface area contributed by atoms with Gasteiger partial charge >= 0.3 is 0 Å². The molecule has 0 saturated heterocycles. The minimum absolute atomic E-state index is 0.688. The second-order valence-electron chi connectivity index (χ2n) is 15.3.